The van der Waals surface area contributed by atoms with Gasteiger partial charge in [0.25, 0.3) is 0 Å². The first-order chi connectivity index (χ1) is 9.24. The Labute approximate surface area is 114 Å². The van der Waals surface area contributed by atoms with Crippen molar-refractivity contribution in [2.45, 2.75) is 44.6 Å². The summed E-state index contributed by atoms with van der Waals surface area (Å²) in [6, 6.07) is 8.24. The van der Waals surface area contributed by atoms with Crippen LogP contribution in [-0.2, 0) is 11.2 Å². The molecule has 19 heavy (non-hydrogen) atoms. The third-order valence-electron chi connectivity index (χ3n) is 4.42. The number of amides is 1. The number of benzene rings is 1. The van der Waals surface area contributed by atoms with E-state index in [1.807, 2.05) is 23.1 Å². The molecule has 0 spiro atoms. The number of carbonyl (C=O) groups excluding carboxylic acids is 1. The lowest BCUT2D eigenvalue weighted by atomic mass is 9.96. The Morgan fingerprint density at radius 1 is 1.26 bits per heavy atom. The van der Waals surface area contributed by atoms with Crippen LogP contribution in [0.15, 0.2) is 24.3 Å². The van der Waals surface area contributed by atoms with Crippen LogP contribution < -0.4 is 10.6 Å². The number of nitrogens with zero attached hydrogens (tertiary/aromatic N) is 1. The molecule has 2 aliphatic rings. The van der Waals surface area contributed by atoms with Crippen LogP contribution in [0.5, 0.6) is 0 Å². The van der Waals surface area contributed by atoms with E-state index in [2.05, 4.69) is 6.07 Å². The summed E-state index contributed by atoms with van der Waals surface area (Å²) >= 11 is 0. The predicted molar refractivity (Wildman–Crippen MR) is 77.0 cm³/mol. The second-order valence-corrected chi connectivity index (χ2v) is 5.95. The van der Waals surface area contributed by atoms with Gasteiger partial charge < -0.3 is 10.6 Å². The van der Waals surface area contributed by atoms with Crippen LogP contribution >= 0.6 is 0 Å². The molecule has 1 atom stereocenters. The molecule has 2 N–H and O–H groups in total. The third-order valence-corrected chi connectivity index (χ3v) is 4.42. The molecule has 1 aromatic rings. The second kappa shape index (κ2) is 5.33. The maximum Gasteiger partial charge on any atom is 0.227 e. The third kappa shape index (κ3) is 2.66. The van der Waals surface area contributed by atoms with Crippen LogP contribution in [-0.4, -0.2) is 18.5 Å². The summed E-state index contributed by atoms with van der Waals surface area (Å²) in [5, 5.41) is 0. The number of carbonyl (C=O) groups is 1. The fourth-order valence-corrected chi connectivity index (χ4v) is 3.43. The van der Waals surface area contributed by atoms with Crippen LogP contribution in [0.2, 0.25) is 0 Å². The van der Waals surface area contributed by atoms with E-state index in [-0.39, 0.29) is 11.9 Å². The molecule has 1 unspecified atom stereocenters. The summed E-state index contributed by atoms with van der Waals surface area (Å²) in [5.41, 5.74) is 8.38. The van der Waals surface area contributed by atoms with E-state index in [0.717, 1.165) is 12.1 Å². The van der Waals surface area contributed by atoms with Crippen molar-refractivity contribution in [1.29, 1.82) is 0 Å². The Bertz CT molecular complexity index is 466. The van der Waals surface area contributed by atoms with E-state index in [1.54, 1.807) is 0 Å². The predicted octanol–water partition coefficient (Wildman–Crippen LogP) is 2.48. The van der Waals surface area contributed by atoms with Crippen molar-refractivity contribution in [1.82, 2.24) is 0 Å². The first-order valence-electron chi connectivity index (χ1n) is 7.38. The number of nitrogens with two attached hydrogens (primary N) is 1. The highest BCUT2D eigenvalue weighted by Gasteiger charge is 2.28. The highest BCUT2D eigenvalue weighted by atomic mass is 16.2. The van der Waals surface area contributed by atoms with Crippen LogP contribution in [0, 0.1) is 5.92 Å². The van der Waals surface area contributed by atoms with Gasteiger partial charge in [0, 0.05) is 24.7 Å². The standard InChI is InChI=1S/C16H22N2O/c17-14-10-13-7-3-4-8-15(13)18(11-14)16(19)9-12-5-1-2-6-12/h3-4,7-8,12,14H,1-2,5-6,9-11,17H2. The molecule has 0 saturated heterocycles. The van der Waals surface area contributed by atoms with Crippen LogP contribution in [0.4, 0.5) is 5.69 Å². The Morgan fingerprint density at radius 2 is 2.00 bits per heavy atom. The molecule has 1 amide bonds. The van der Waals surface area contributed by atoms with Crippen molar-refractivity contribution in [2.75, 3.05) is 11.4 Å². The Balaban J connectivity index is 1.78. The number of para-hydroxylation sites is 1. The highest BCUT2D eigenvalue weighted by molar-refractivity contribution is 5.94. The van der Waals surface area contributed by atoms with Gasteiger partial charge in [0.1, 0.15) is 0 Å². The van der Waals surface area contributed by atoms with Crippen molar-refractivity contribution < 1.29 is 4.79 Å². The Hall–Kier alpha value is -1.35. The lowest BCUT2D eigenvalue weighted by molar-refractivity contribution is -0.119. The molecule has 1 fully saturated rings. The Morgan fingerprint density at radius 3 is 2.79 bits per heavy atom. The number of fused-ring (bicyclic) bond motifs is 1. The summed E-state index contributed by atoms with van der Waals surface area (Å²) in [6.45, 7) is 0.669. The van der Waals surface area contributed by atoms with Gasteiger partial charge in [0.05, 0.1) is 0 Å². The molecule has 3 nitrogen and oxygen atoms in total. The first kappa shape index (κ1) is 12.7. The van der Waals surface area contributed by atoms with Gasteiger partial charge in [-0.1, -0.05) is 31.0 Å². The lowest BCUT2D eigenvalue weighted by Gasteiger charge is -2.33. The molecule has 0 bridgehead atoms. The minimum absolute atomic E-state index is 0.0717. The normalized spacial score (nSPS) is 23.4. The zero-order valence-corrected chi connectivity index (χ0v) is 11.3. The van der Waals surface area contributed by atoms with E-state index in [1.165, 1.54) is 31.2 Å². The molecule has 3 rings (SSSR count). The average molecular weight is 258 g/mol. The van der Waals surface area contributed by atoms with Crippen molar-refractivity contribution in [2.24, 2.45) is 11.7 Å². The largest absolute Gasteiger partial charge is 0.326 e. The maximum atomic E-state index is 12.5. The maximum absolute atomic E-state index is 12.5. The van der Waals surface area contributed by atoms with Gasteiger partial charge >= 0.3 is 0 Å². The van der Waals surface area contributed by atoms with E-state index in [9.17, 15) is 4.79 Å². The molecule has 0 radical (unpaired) electrons. The van der Waals surface area contributed by atoms with Gasteiger partial charge in [-0.25, -0.2) is 0 Å². The molecule has 102 valence electrons. The summed E-state index contributed by atoms with van der Waals surface area (Å²) in [6.07, 6.45) is 6.58. The molecule has 1 aromatic carbocycles. The van der Waals surface area contributed by atoms with E-state index in [0.29, 0.717) is 18.9 Å². The summed E-state index contributed by atoms with van der Waals surface area (Å²) in [5.74, 6) is 0.854. The SMILES string of the molecule is NC1Cc2ccccc2N(C(=O)CC2CCCC2)C1. The number of rotatable bonds is 2. The molecule has 1 aliphatic heterocycles. The van der Waals surface area contributed by atoms with Crippen molar-refractivity contribution in [3.05, 3.63) is 29.8 Å². The molecule has 1 aliphatic carbocycles. The molecular weight excluding hydrogens is 236 g/mol. The quantitative estimate of drug-likeness (QED) is 0.886. The summed E-state index contributed by atoms with van der Waals surface area (Å²) < 4.78 is 0. The zero-order chi connectivity index (χ0) is 13.2. The van der Waals surface area contributed by atoms with Gasteiger partial charge in [0.15, 0.2) is 0 Å². The monoisotopic (exact) mass is 258 g/mol. The van der Waals surface area contributed by atoms with E-state index < -0.39 is 0 Å². The molecule has 1 heterocycles. The number of hydrogen-bond acceptors (Lipinski definition) is 2. The van der Waals surface area contributed by atoms with Crippen LogP contribution in [0.25, 0.3) is 0 Å². The van der Waals surface area contributed by atoms with Gasteiger partial charge in [0.2, 0.25) is 5.91 Å². The van der Waals surface area contributed by atoms with Crippen molar-refractivity contribution in [3.8, 4) is 0 Å². The molecule has 0 aromatic heterocycles. The van der Waals surface area contributed by atoms with Crippen LogP contribution in [0.1, 0.15) is 37.7 Å². The van der Waals surface area contributed by atoms with E-state index in [4.69, 9.17) is 5.73 Å². The van der Waals surface area contributed by atoms with Gasteiger partial charge in [-0.3, -0.25) is 4.79 Å². The fourth-order valence-electron chi connectivity index (χ4n) is 3.43. The van der Waals surface area contributed by atoms with Gasteiger partial charge in [-0.05, 0) is 36.8 Å². The topological polar surface area (TPSA) is 46.3 Å². The molecular formula is C16H22N2O. The lowest BCUT2D eigenvalue weighted by Crippen LogP contribution is -2.46. The van der Waals surface area contributed by atoms with Crippen molar-refractivity contribution in [3.63, 3.8) is 0 Å². The van der Waals surface area contributed by atoms with E-state index >= 15 is 0 Å². The summed E-state index contributed by atoms with van der Waals surface area (Å²) in [4.78, 5) is 14.5. The minimum Gasteiger partial charge on any atom is -0.326 e. The summed E-state index contributed by atoms with van der Waals surface area (Å²) in [7, 11) is 0. The zero-order valence-electron chi connectivity index (χ0n) is 11.3. The minimum atomic E-state index is 0.0717. The van der Waals surface area contributed by atoms with Gasteiger partial charge in [-0.2, -0.15) is 0 Å². The average Bonchev–Trinajstić information content (AvgIpc) is 2.90. The highest BCUT2D eigenvalue weighted by Crippen LogP contribution is 2.31. The first-order valence-corrected chi connectivity index (χ1v) is 7.38. The van der Waals surface area contributed by atoms with Gasteiger partial charge in [-0.15, -0.1) is 0 Å². The fraction of sp³-hybridized carbons (Fsp3) is 0.562. The van der Waals surface area contributed by atoms with Crippen LogP contribution in [0.3, 0.4) is 0 Å². The van der Waals surface area contributed by atoms with Crippen molar-refractivity contribution >= 4 is 11.6 Å². The smallest absolute Gasteiger partial charge is 0.227 e. The number of anilines is 1. The molecule has 1 saturated carbocycles. The Kier molecular flexibility index (Phi) is 3.56. The second-order valence-electron chi connectivity index (χ2n) is 5.95. The number of hydrogen-bond donors (Lipinski definition) is 1. The molecule has 3 heteroatoms.